The third-order valence-electron chi connectivity index (χ3n) is 3.47. The fourth-order valence-corrected chi connectivity index (χ4v) is 2.39. The van der Waals surface area contributed by atoms with E-state index >= 15 is 0 Å². The van der Waals surface area contributed by atoms with Crippen molar-refractivity contribution in [2.75, 3.05) is 5.73 Å². The van der Waals surface area contributed by atoms with E-state index < -0.39 is 0 Å². The van der Waals surface area contributed by atoms with Crippen LogP contribution in [0.15, 0.2) is 18.2 Å². The first kappa shape index (κ1) is 12.9. The molecule has 2 rings (SSSR count). The van der Waals surface area contributed by atoms with Crippen LogP contribution in [0.4, 0.5) is 5.95 Å². The van der Waals surface area contributed by atoms with Gasteiger partial charge in [0.25, 0.3) is 0 Å². The van der Waals surface area contributed by atoms with Gasteiger partial charge in [0, 0.05) is 6.04 Å². The lowest BCUT2D eigenvalue weighted by molar-refractivity contribution is 0.450. The molecule has 1 heterocycles. The summed E-state index contributed by atoms with van der Waals surface area (Å²) in [6.45, 7) is 8.81. The molecule has 0 spiro atoms. The Morgan fingerprint density at radius 3 is 2.61 bits per heavy atom. The molecule has 18 heavy (non-hydrogen) atoms. The number of nitrogen functional groups attached to an aromatic ring is 1. The second kappa shape index (κ2) is 5.01. The molecule has 0 bridgehead atoms. The van der Waals surface area contributed by atoms with Gasteiger partial charge < -0.3 is 10.3 Å². The molecular formula is C15H23N3. The Bertz CT molecular complexity index is 540. The maximum Gasteiger partial charge on any atom is 0.201 e. The van der Waals surface area contributed by atoms with Crippen molar-refractivity contribution >= 4 is 17.0 Å². The van der Waals surface area contributed by atoms with Crippen LogP contribution in [0.5, 0.6) is 0 Å². The van der Waals surface area contributed by atoms with Crippen molar-refractivity contribution in [3.05, 3.63) is 23.8 Å². The van der Waals surface area contributed by atoms with Gasteiger partial charge >= 0.3 is 0 Å². The number of hydrogen-bond donors (Lipinski definition) is 1. The Hall–Kier alpha value is -1.51. The lowest BCUT2D eigenvalue weighted by atomic mass is 10.0. The molecule has 0 saturated carbocycles. The molecule has 0 aliphatic heterocycles. The minimum atomic E-state index is 0.403. The molecule has 1 aromatic heterocycles. The molecule has 98 valence electrons. The first-order chi connectivity index (χ1) is 8.49. The molecule has 0 saturated heterocycles. The summed E-state index contributed by atoms with van der Waals surface area (Å²) in [7, 11) is 0. The Morgan fingerprint density at radius 1 is 1.22 bits per heavy atom. The molecule has 1 unspecified atom stereocenters. The van der Waals surface area contributed by atoms with E-state index in [4.69, 9.17) is 5.73 Å². The zero-order valence-corrected chi connectivity index (χ0v) is 11.8. The van der Waals surface area contributed by atoms with Crippen molar-refractivity contribution in [3.8, 4) is 0 Å². The predicted octanol–water partition coefficient (Wildman–Crippen LogP) is 3.92. The van der Waals surface area contributed by atoms with Crippen molar-refractivity contribution in [1.29, 1.82) is 0 Å². The van der Waals surface area contributed by atoms with Gasteiger partial charge in [-0.3, -0.25) is 0 Å². The molecule has 0 aliphatic rings. The Balaban J connectivity index is 2.34. The number of nitrogens with two attached hydrogens (primary N) is 1. The number of rotatable bonds is 4. The van der Waals surface area contributed by atoms with E-state index in [1.54, 1.807) is 0 Å². The first-order valence-electron chi connectivity index (χ1n) is 6.73. The van der Waals surface area contributed by atoms with E-state index in [-0.39, 0.29) is 0 Å². The van der Waals surface area contributed by atoms with Crippen LogP contribution in [0.2, 0.25) is 0 Å². The fourth-order valence-electron chi connectivity index (χ4n) is 2.39. The van der Waals surface area contributed by atoms with Crippen LogP contribution in [0.25, 0.3) is 11.0 Å². The van der Waals surface area contributed by atoms with Gasteiger partial charge in [-0.15, -0.1) is 0 Å². The summed E-state index contributed by atoms with van der Waals surface area (Å²) in [6.07, 6.45) is 2.35. The van der Waals surface area contributed by atoms with Crippen LogP contribution in [0.1, 0.15) is 45.2 Å². The molecule has 1 aromatic carbocycles. The van der Waals surface area contributed by atoms with Crippen LogP contribution < -0.4 is 5.73 Å². The van der Waals surface area contributed by atoms with E-state index in [0.29, 0.717) is 12.0 Å². The van der Waals surface area contributed by atoms with Crippen LogP contribution in [0, 0.1) is 12.8 Å². The smallest absolute Gasteiger partial charge is 0.201 e. The minimum absolute atomic E-state index is 0.403. The minimum Gasteiger partial charge on any atom is -0.369 e. The van der Waals surface area contributed by atoms with Crippen LogP contribution >= 0.6 is 0 Å². The topological polar surface area (TPSA) is 43.8 Å². The number of fused-ring (bicyclic) bond motifs is 1. The molecule has 0 fully saturated rings. The largest absolute Gasteiger partial charge is 0.369 e. The van der Waals surface area contributed by atoms with E-state index in [9.17, 15) is 0 Å². The molecule has 0 radical (unpaired) electrons. The van der Waals surface area contributed by atoms with Crippen molar-refractivity contribution in [3.63, 3.8) is 0 Å². The number of imidazole rings is 1. The summed E-state index contributed by atoms with van der Waals surface area (Å²) < 4.78 is 2.16. The van der Waals surface area contributed by atoms with Gasteiger partial charge in [-0.05, 0) is 50.3 Å². The van der Waals surface area contributed by atoms with Gasteiger partial charge in [0.1, 0.15) is 0 Å². The molecule has 1 atom stereocenters. The summed E-state index contributed by atoms with van der Waals surface area (Å²) in [5, 5.41) is 0. The maximum atomic E-state index is 6.06. The van der Waals surface area contributed by atoms with Crippen molar-refractivity contribution < 1.29 is 0 Å². The van der Waals surface area contributed by atoms with Crippen molar-refractivity contribution in [2.45, 2.75) is 46.6 Å². The Kier molecular flexibility index (Phi) is 3.60. The zero-order chi connectivity index (χ0) is 13.3. The van der Waals surface area contributed by atoms with Gasteiger partial charge in [0.15, 0.2) is 0 Å². The monoisotopic (exact) mass is 245 g/mol. The SMILES string of the molecule is Cc1ccc2c(c1)nc(N)n2C(C)CCC(C)C. The molecule has 2 N–H and O–H groups in total. The number of hydrogen-bond acceptors (Lipinski definition) is 2. The highest BCUT2D eigenvalue weighted by Gasteiger charge is 2.14. The van der Waals surface area contributed by atoms with E-state index in [2.05, 4.69) is 55.4 Å². The Morgan fingerprint density at radius 2 is 1.94 bits per heavy atom. The lowest BCUT2D eigenvalue weighted by Crippen LogP contribution is -2.09. The standard InChI is InChI=1S/C15H23N3/c1-10(2)5-7-12(4)18-14-8-6-11(3)9-13(14)17-15(18)16/h6,8-10,12H,5,7H2,1-4H3,(H2,16,17). The molecule has 3 nitrogen and oxygen atoms in total. The summed E-state index contributed by atoms with van der Waals surface area (Å²) in [5.74, 6) is 1.36. The molecule has 0 aliphatic carbocycles. The number of anilines is 1. The van der Waals surface area contributed by atoms with Gasteiger partial charge in [-0.1, -0.05) is 19.9 Å². The van der Waals surface area contributed by atoms with Gasteiger partial charge in [0.2, 0.25) is 5.95 Å². The molecule has 3 heteroatoms. The van der Waals surface area contributed by atoms with Gasteiger partial charge in [-0.25, -0.2) is 4.98 Å². The number of benzene rings is 1. The average Bonchev–Trinajstić information content (AvgIpc) is 2.61. The van der Waals surface area contributed by atoms with Gasteiger partial charge in [0.05, 0.1) is 11.0 Å². The van der Waals surface area contributed by atoms with E-state index in [1.807, 2.05) is 0 Å². The highest BCUT2D eigenvalue weighted by molar-refractivity contribution is 5.79. The molecule has 0 amide bonds. The Labute approximate surface area is 109 Å². The molecule has 2 aromatic rings. The highest BCUT2D eigenvalue weighted by atomic mass is 15.2. The summed E-state index contributed by atoms with van der Waals surface area (Å²) in [6, 6.07) is 6.74. The summed E-state index contributed by atoms with van der Waals surface area (Å²) >= 11 is 0. The number of aryl methyl sites for hydroxylation is 1. The summed E-state index contributed by atoms with van der Waals surface area (Å²) in [5.41, 5.74) is 9.44. The third kappa shape index (κ3) is 2.50. The zero-order valence-electron chi connectivity index (χ0n) is 11.8. The van der Waals surface area contributed by atoms with Crippen LogP contribution in [-0.4, -0.2) is 9.55 Å². The van der Waals surface area contributed by atoms with E-state index in [0.717, 1.165) is 23.4 Å². The fraction of sp³-hybridized carbons (Fsp3) is 0.533. The van der Waals surface area contributed by atoms with E-state index in [1.165, 1.54) is 12.0 Å². The molecular weight excluding hydrogens is 222 g/mol. The number of nitrogens with zero attached hydrogens (tertiary/aromatic N) is 2. The van der Waals surface area contributed by atoms with Gasteiger partial charge in [-0.2, -0.15) is 0 Å². The quantitative estimate of drug-likeness (QED) is 0.887. The van der Waals surface area contributed by atoms with Crippen LogP contribution in [0.3, 0.4) is 0 Å². The first-order valence-corrected chi connectivity index (χ1v) is 6.73. The number of aromatic nitrogens is 2. The predicted molar refractivity (Wildman–Crippen MR) is 77.7 cm³/mol. The highest BCUT2D eigenvalue weighted by Crippen LogP contribution is 2.26. The van der Waals surface area contributed by atoms with Crippen molar-refractivity contribution in [2.24, 2.45) is 5.92 Å². The second-order valence-electron chi connectivity index (χ2n) is 5.65. The van der Waals surface area contributed by atoms with Crippen LogP contribution in [-0.2, 0) is 0 Å². The lowest BCUT2D eigenvalue weighted by Gasteiger charge is -2.17. The average molecular weight is 245 g/mol. The summed E-state index contributed by atoms with van der Waals surface area (Å²) in [4.78, 5) is 4.46. The normalized spacial score (nSPS) is 13.4. The van der Waals surface area contributed by atoms with Crippen molar-refractivity contribution in [1.82, 2.24) is 9.55 Å². The third-order valence-corrected chi connectivity index (χ3v) is 3.47. The maximum absolute atomic E-state index is 6.06. The second-order valence-corrected chi connectivity index (χ2v) is 5.65.